The summed E-state index contributed by atoms with van der Waals surface area (Å²) in [5.74, 6) is 0.375. The third-order valence-electron chi connectivity index (χ3n) is 3.69. The monoisotopic (exact) mass is 279 g/mol. The standard InChI is InChI=1S/C15H21NO4/c1-10(15(17)18)9-16(3)11(2)12-4-5-13-14(8-12)20-7-6-19-13/h4-5,8,10-11H,6-7,9H2,1-3H3,(H,17,18). The molecule has 1 N–H and O–H groups in total. The fourth-order valence-corrected chi connectivity index (χ4v) is 2.24. The molecule has 5 heteroatoms. The van der Waals surface area contributed by atoms with E-state index >= 15 is 0 Å². The molecule has 0 aromatic heterocycles. The molecule has 1 heterocycles. The van der Waals surface area contributed by atoms with Crippen molar-refractivity contribution in [2.24, 2.45) is 5.92 Å². The molecule has 2 atom stereocenters. The van der Waals surface area contributed by atoms with E-state index in [9.17, 15) is 4.79 Å². The number of carboxylic acids is 1. The number of hydrogen-bond acceptors (Lipinski definition) is 4. The summed E-state index contributed by atoms with van der Waals surface area (Å²) in [7, 11) is 1.93. The predicted molar refractivity (Wildman–Crippen MR) is 75.3 cm³/mol. The lowest BCUT2D eigenvalue weighted by Crippen LogP contribution is -2.30. The molecular formula is C15H21NO4. The molecule has 0 aliphatic carbocycles. The lowest BCUT2D eigenvalue weighted by atomic mass is 10.0. The van der Waals surface area contributed by atoms with Gasteiger partial charge in [-0.2, -0.15) is 0 Å². The molecule has 5 nitrogen and oxygen atoms in total. The van der Waals surface area contributed by atoms with Crippen LogP contribution in [0.2, 0.25) is 0 Å². The van der Waals surface area contributed by atoms with Gasteiger partial charge in [-0.3, -0.25) is 9.69 Å². The Labute approximate surface area is 119 Å². The van der Waals surface area contributed by atoms with Crippen LogP contribution < -0.4 is 9.47 Å². The number of rotatable bonds is 5. The number of nitrogens with zero attached hydrogens (tertiary/aromatic N) is 1. The highest BCUT2D eigenvalue weighted by molar-refractivity contribution is 5.69. The van der Waals surface area contributed by atoms with Gasteiger partial charge in [0.05, 0.1) is 5.92 Å². The topological polar surface area (TPSA) is 59.0 Å². The van der Waals surface area contributed by atoms with Gasteiger partial charge in [-0.1, -0.05) is 13.0 Å². The van der Waals surface area contributed by atoms with Crippen molar-refractivity contribution < 1.29 is 19.4 Å². The van der Waals surface area contributed by atoms with Crippen molar-refractivity contribution in [2.75, 3.05) is 26.8 Å². The van der Waals surface area contributed by atoms with Crippen LogP contribution in [0, 0.1) is 5.92 Å². The predicted octanol–water partition coefficient (Wildman–Crippen LogP) is 2.17. The molecule has 1 aliphatic heterocycles. The average molecular weight is 279 g/mol. The van der Waals surface area contributed by atoms with E-state index in [2.05, 4.69) is 6.92 Å². The second kappa shape index (κ2) is 6.13. The first-order valence-electron chi connectivity index (χ1n) is 6.81. The van der Waals surface area contributed by atoms with Crippen molar-refractivity contribution in [3.05, 3.63) is 23.8 Å². The number of aliphatic carboxylic acids is 1. The quantitative estimate of drug-likeness (QED) is 0.895. The third kappa shape index (κ3) is 3.22. The van der Waals surface area contributed by atoms with Gasteiger partial charge >= 0.3 is 5.97 Å². The highest BCUT2D eigenvalue weighted by atomic mass is 16.6. The van der Waals surface area contributed by atoms with Crippen LogP contribution in [0.25, 0.3) is 0 Å². The van der Waals surface area contributed by atoms with Crippen LogP contribution in [0.4, 0.5) is 0 Å². The summed E-state index contributed by atoms with van der Waals surface area (Å²) in [6.07, 6.45) is 0. The van der Waals surface area contributed by atoms with Gasteiger partial charge in [-0.05, 0) is 31.7 Å². The van der Waals surface area contributed by atoms with Crippen molar-refractivity contribution in [1.29, 1.82) is 0 Å². The summed E-state index contributed by atoms with van der Waals surface area (Å²) < 4.78 is 11.1. The SMILES string of the molecule is CC(CN(C)C(C)c1ccc2c(c1)OCCO2)C(=O)O. The maximum Gasteiger partial charge on any atom is 0.307 e. The van der Waals surface area contributed by atoms with Gasteiger partial charge in [0.1, 0.15) is 13.2 Å². The summed E-state index contributed by atoms with van der Waals surface area (Å²) in [5.41, 5.74) is 1.09. The third-order valence-corrected chi connectivity index (χ3v) is 3.69. The molecule has 1 aromatic carbocycles. The average Bonchev–Trinajstić information content (AvgIpc) is 2.45. The minimum absolute atomic E-state index is 0.118. The normalized spacial score (nSPS) is 16.8. The van der Waals surface area contributed by atoms with Gasteiger partial charge in [0.25, 0.3) is 0 Å². The molecule has 0 fully saturated rings. The highest BCUT2D eigenvalue weighted by Crippen LogP contribution is 2.33. The maximum absolute atomic E-state index is 10.9. The molecule has 0 amide bonds. The van der Waals surface area contributed by atoms with E-state index < -0.39 is 5.97 Å². The fourth-order valence-electron chi connectivity index (χ4n) is 2.24. The first kappa shape index (κ1) is 14.7. The number of fused-ring (bicyclic) bond motifs is 1. The summed E-state index contributed by atoms with van der Waals surface area (Å²) in [5, 5.41) is 8.98. The Morgan fingerprint density at radius 3 is 2.60 bits per heavy atom. The van der Waals surface area contributed by atoms with Gasteiger partial charge in [0, 0.05) is 12.6 Å². The van der Waals surface area contributed by atoms with Gasteiger partial charge in [0.2, 0.25) is 0 Å². The second-order valence-corrected chi connectivity index (χ2v) is 5.26. The Morgan fingerprint density at radius 2 is 1.95 bits per heavy atom. The number of carbonyl (C=O) groups is 1. The molecule has 0 saturated heterocycles. The van der Waals surface area contributed by atoms with Crippen LogP contribution >= 0.6 is 0 Å². The van der Waals surface area contributed by atoms with Crippen molar-refractivity contribution in [3.8, 4) is 11.5 Å². The van der Waals surface area contributed by atoms with Crippen LogP contribution in [0.3, 0.4) is 0 Å². The molecule has 0 radical (unpaired) electrons. The van der Waals surface area contributed by atoms with Crippen molar-refractivity contribution in [1.82, 2.24) is 4.90 Å². The van der Waals surface area contributed by atoms with Gasteiger partial charge in [-0.25, -0.2) is 0 Å². The smallest absolute Gasteiger partial charge is 0.307 e. The fraction of sp³-hybridized carbons (Fsp3) is 0.533. The first-order chi connectivity index (χ1) is 9.49. The zero-order valence-corrected chi connectivity index (χ0v) is 12.1. The van der Waals surface area contributed by atoms with Gasteiger partial charge < -0.3 is 14.6 Å². The Kier molecular flexibility index (Phi) is 4.49. The molecule has 2 rings (SSSR count). The molecular weight excluding hydrogens is 258 g/mol. The van der Waals surface area contributed by atoms with Gasteiger partial charge in [-0.15, -0.1) is 0 Å². The minimum Gasteiger partial charge on any atom is -0.486 e. The van der Waals surface area contributed by atoms with Crippen molar-refractivity contribution in [2.45, 2.75) is 19.9 Å². The lowest BCUT2D eigenvalue weighted by Gasteiger charge is -2.28. The summed E-state index contributed by atoms with van der Waals surface area (Å²) >= 11 is 0. The molecule has 1 aromatic rings. The van der Waals surface area contributed by atoms with E-state index in [-0.39, 0.29) is 12.0 Å². The number of benzene rings is 1. The number of hydrogen-bond donors (Lipinski definition) is 1. The van der Waals surface area contributed by atoms with E-state index in [1.165, 1.54) is 0 Å². The van der Waals surface area contributed by atoms with E-state index in [0.717, 1.165) is 17.1 Å². The van der Waals surface area contributed by atoms with Crippen LogP contribution in [-0.4, -0.2) is 42.8 Å². The first-order valence-corrected chi connectivity index (χ1v) is 6.81. The van der Waals surface area contributed by atoms with Crippen LogP contribution in [0.5, 0.6) is 11.5 Å². The Balaban J connectivity index is 2.08. The highest BCUT2D eigenvalue weighted by Gasteiger charge is 2.20. The summed E-state index contributed by atoms with van der Waals surface area (Å²) in [6.45, 7) is 5.43. The van der Waals surface area contributed by atoms with Crippen LogP contribution in [0.15, 0.2) is 18.2 Å². The summed E-state index contributed by atoms with van der Waals surface area (Å²) in [6, 6.07) is 6.00. The lowest BCUT2D eigenvalue weighted by molar-refractivity contribution is -0.141. The largest absolute Gasteiger partial charge is 0.486 e. The van der Waals surface area contributed by atoms with E-state index in [1.54, 1.807) is 6.92 Å². The molecule has 20 heavy (non-hydrogen) atoms. The van der Waals surface area contributed by atoms with E-state index in [0.29, 0.717) is 19.8 Å². The molecule has 0 bridgehead atoms. The Morgan fingerprint density at radius 1 is 1.30 bits per heavy atom. The molecule has 110 valence electrons. The van der Waals surface area contributed by atoms with Crippen LogP contribution in [-0.2, 0) is 4.79 Å². The summed E-state index contributed by atoms with van der Waals surface area (Å²) in [4.78, 5) is 13.0. The zero-order valence-electron chi connectivity index (χ0n) is 12.1. The second-order valence-electron chi connectivity index (χ2n) is 5.26. The van der Waals surface area contributed by atoms with Crippen molar-refractivity contribution in [3.63, 3.8) is 0 Å². The zero-order chi connectivity index (χ0) is 14.7. The molecule has 1 aliphatic rings. The Bertz CT molecular complexity index is 489. The molecule has 0 saturated carbocycles. The molecule has 2 unspecified atom stereocenters. The number of carboxylic acid groups (broad SMARTS) is 1. The minimum atomic E-state index is -0.772. The Hall–Kier alpha value is -1.75. The number of ether oxygens (including phenoxy) is 2. The van der Waals surface area contributed by atoms with Crippen molar-refractivity contribution >= 4 is 5.97 Å². The molecule has 0 spiro atoms. The van der Waals surface area contributed by atoms with Crippen LogP contribution in [0.1, 0.15) is 25.5 Å². The van der Waals surface area contributed by atoms with E-state index in [1.807, 2.05) is 30.1 Å². The van der Waals surface area contributed by atoms with E-state index in [4.69, 9.17) is 14.6 Å². The maximum atomic E-state index is 10.9. The van der Waals surface area contributed by atoms with Gasteiger partial charge in [0.15, 0.2) is 11.5 Å².